The minimum absolute atomic E-state index is 0.309. The summed E-state index contributed by atoms with van der Waals surface area (Å²) in [7, 11) is 1.85. The van der Waals surface area contributed by atoms with Gasteiger partial charge in [0.25, 0.3) is 0 Å². The zero-order valence-electron chi connectivity index (χ0n) is 11.8. The topological polar surface area (TPSA) is 67.9 Å². The molecule has 2 aromatic rings. The van der Waals surface area contributed by atoms with Crippen molar-refractivity contribution in [3.63, 3.8) is 0 Å². The molecule has 0 aliphatic rings. The summed E-state index contributed by atoms with van der Waals surface area (Å²) in [5.74, 6) is -0.942. The van der Waals surface area contributed by atoms with Gasteiger partial charge in [0, 0.05) is 7.05 Å². The van der Waals surface area contributed by atoms with Crippen molar-refractivity contribution in [2.45, 2.75) is 19.8 Å². The quantitative estimate of drug-likeness (QED) is 0.801. The number of aromatic nitrogens is 2. The molecule has 20 heavy (non-hydrogen) atoms. The van der Waals surface area contributed by atoms with E-state index in [-0.39, 0.29) is 5.97 Å². The summed E-state index contributed by atoms with van der Waals surface area (Å²) in [5.41, 5.74) is 1.76. The molecule has 0 aliphatic heterocycles. The number of aryl methyl sites for hydroxylation is 1. The summed E-state index contributed by atoms with van der Waals surface area (Å²) >= 11 is 0. The van der Waals surface area contributed by atoms with Gasteiger partial charge in [-0.15, -0.1) is 0 Å². The summed E-state index contributed by atoms with van der Waals surface area (Å²) in [5, 5.41) is 9.41. The van der Waals surface area contributed by atoms with Gasteiger partial charge in [0.1, 0.15) is 11.7 Å². The standard InChI is InChI=1S/C15H17N3O2/c1-4-20-15(19)10(2)11(9-16)14-17-12-7-5-6-8-13(12)18(14)3/h5-8,10-11H,4H2,1-3H3/t10-,11+/m1/s1. The molecule has 0 saturated heterocycles. The van der Waals surface area contributed by atoms with Gasteiger partial charge in [0.15, 0.2) is 0 Å². The first kappa shape index (κ1) is 14.1. The minimum atomic E-state index is -0.619. The van der Waals surface area contributed by atoms with Crippen molar-refractivity contribution in [3.05, 3.63) is 30.1 Å². The molecule has 0 unspecified atom stereocenters. The second-order valence-electron chi connectivity index (χ2n) is 4.67. The van der Waals surface area contributed by atoms with Gasteiger partial charge in [-0.2, -0.15) is 5.26 Å². The molecule has 1 heterocycles. The smallest absolute Gasteiger partial charge is 0.310 e. The SMILES string of the molecule is CCOC(=O)[C@H](C)[C@H](C#N)c1nc2ccccc2n1C. The largest absolute Gasteiger partial charge is 0.466 e. The fraction of sp³-hybridized carbons (Fsp3) is 0.400. The number of benzene rings is 1. The number of nitrogens with zero attached hydrogens (tertiary/aromatic N) is 3. The van der Waals surface area contributed by atoms with Crippen LogP contribution in [0, 0.1) is 17.2 Å². The number of ether oxygens (including phenoxy) is 1. The molecule has 0 saturated carbocycles. The highest BCUT2D eigenvalue weighted by molar-refractivity contribution is 5.77. The third kappa shape index (κ3) is 2.37. The van der Waals surface area contributed by atoms with Crippen molar-refractivity contribution in [1.82, 2.24) is 9.55 Å². The Hall–Kier alpha value is -2.35. The van der Waals surface area contributed by atoms with Crippen LogP contribution in [0.2, 0.25) is 0 Å². The van der Waals surface area contributed by atoms with Gasteiger partial charge in [0.2, 0.25) is 0 Å². The Morgan fingerprint density at radius 2 is 2.20 bits per heavy atom. The van der Waals surface area contributed by atoms with E-state index in [0.29, 0.717) is 12.4 Å². The first-order valence-corrected chi connectivity index (χ1v) is 6.57. The van der Waals surface area contributed by atoms with Crippen molar-refractivity contribution in [2.75, 3.05) is 6.61 Å². The van der Waals surface area contributed by atoms with Crippen LogP contribution in [0.1, 0.15) is 25.6 Å². The van der Waals surface area contributed by atoms with E-state index in [9.17, 15) is 10.1 Å². The fourth-order valence-corrected chi connectivity index (χ4v) is 2.25. The Morgan fingerprint density at radius 1 is 1.50 bits per heavy atom. The number of carbonyl (C=O) groups excluding carboxylic acids is 1. The fourth-order valence-electron chi connectivity index (χ4n) is 2.25. The average Bonchev–Trinajstić information content (AvgIpc) is 2.78. The molecule has 2 atom stereocenters. The number of para-hydroxylation sites is 2. The molecule has 5 nitrogen and oxygen atoms in total. The molecule has 0 aliphatic carbocycles. The maximum absolute atomic E-state index is 11.8. The molecule has 0 spiro atoms. The maximum atomic E-state index is 11.8. The van der Waals surface area contributed by atoms with Gasteiger partial charge in [-0.1, -0.05) is 19.1 Å². The Balaban J connectivity index is 2.42. The number of imidazole rings is 1. The lowest BCUT2D eigenvalue weighted by Crippen LogP contribution is -2.23. The number of fused-ring (bicyclic) bond motifs is 1. The van der Waals surface area contributed by atoms with Gasteiger partial charge in [-0.05, 0) is 19.1 Å². The van der Waals surface area contributed by atoms with Gasteiger partial charge in [-0.3, -0.25) is 4.79 Å². The number of hydrogen-bond acceptors (Lipinski definition) is 4. The summed E-state index contributed by atoms with van der Waals surface area (Å²) in [6.45, 7) is 3.76. The number of hydrogen-bond donors (Lipinski definition) is 0. The van der Waals surface area contributed by atoms with Crippen LogP contribution in [0.25, 0.3) is 11.0 Å². The average molecular weight is 271 g/mol. The minimum Gasteiger partial charge on any atom is -0.466 e. The second kappa shape index (κ2) is 5.74. The van der Waals surface area contributed by atoms with E-state index in [4.69, 9.17) is 4.74 Å². The van der Waals surface area contributed by atoms with Gasteiger partial charge in [-0.25, -0.2) is 4.98 Å². The lowest BCUT2D eigenvalue weighted by molar-refractivity contribution is -0.147. The molecule has 104 valence electrons. The molecule has 1 aromatic carbocycles. The highest BCUT2D eigenvalue weighted by Gasteiger charge is 2.30. The van der Waals surface area contributed by atoms with Crippen LogP contribution in [0.15, 0.2) is 24.3 Å². The van der Waals surface area contributed by atoms with Crippen LogP contribution in [-0.2, 0) is 16.6 Å². The first-order valence-electron chi connectivity index (χ1n) is 6.57. The number of carbonyl (C=O) groups is 1. The van der Waals surface area contributed by atoms with E-state index in [2.05, 4.69) is 11.1 Å². The third-order valence-corrected chi connectivity index (χ3v) is 3.40. The van der Waals surface area contributed by atoms with Crippen molar-refractivity contribution in [3.8, 4) is 6.07 Å². The molecule has 0 radical (unpaired) electrons. The summed E-state index contributed by atoms with van der Waals surface area (Å²) < 4.78 is 6.85. The second-order valence-corrected chi connectivity index (χ2v) is 4.67. The van der Waals surface area contributed by atoms with Crippen molar-refractivity contribution >= 4 is 17.0 Å². The monoisotopic (exact) mass is 271 g/mol. The lowest BCUT2D eigenvalue weighted by atomic mass is 9.94. The Labute approximate surface area is 117 Å². The van der Waals surface area contributed by atoms with Crippen LogP contribution in [-0.4, -0.2) is 22.1 Å². The van der Waals surface area contributed by atoms with Crippen molar-refractivity contribution in [1.29, 1.82) is 5.26 Å². The lowest BCUT2D eigenvalue weighted by Gasteiger charge is -2.15. The van der Waals surface area contributed by atoms with Crippen LogP contribution in [0.4, 0.5) is 0 Å². The van der Waals surface area contributed by atoms with E-state index < -0.39 is 11.8 Å². The van der Waals surface area contributed by atoms with Gasteiger partial charge < -0.3 is 9.30 Å². The molecular weight excluding hydrogens is 254 g/mol. The third-order valence-electron chi connectivity index (χ3n) is 3.40. The normalized spacial score (nSPS) is 13.7. The van der Waals surface area contributed by atoms with E-state index in [0.717, 1.165) is 11.0 Å². The van der Waals surface area contributed by atoms with Crippen LogP contribution in [0.3, 0.4) is 0 Å². The molecule has 0 amide bonds. The van der Waals surface area contributed by atoms with Crippen molar-refractivity contribution in [2.24, 2.45) is 13.0 Å². The summed E-state index contributed by atoms with van der Waals surface area (Å²) in [6, 6.07) is 9.82. The van der Waals surface area contributed by atoms with Crippen LogP contribution in [0.5, 0.6) is 0 Å². The Bertz CT molecular complexity index is 669. The van der Waals surface area contributed by atoms with E-state index in [1.54, 1.807) is 13.8 Å². The van der Waals surface area contributed by atoms with E-state index in [1.807, 2.05) is 35.9 Å². The Morgan fingerprint density at radius 3 is 2.80 bits per heavy atom. The summed E-state index contributed by atoms with van der Waals surface area (Å²) in [6.07, 6.45) is 0. The number of rotatable bonds is 4. The van der Waals surface area contributed by atoms with E-state index in [1.165, 1.54) is 0 Å². The first-order chi connectivity index (χ1) is 9.60. The van der Waals surface area contributed by atoms with E-state index >= 15 is 0 Å². The molecule has 2 rings (SSSR count). The van der Waals surface area contributed by atoms with Gasteiger partial charge in [0.05, 0.1) is 29.6 Å². The highest BCUT2D eigenvalue weighted by atomic mass is 16.5. The zero-order valence-corrected chi connectivity index (χ0v) is 11.8. The molecule has 5 heteroatoms. The molecular formula is C15H17N3O2. The highest BCUT2D eigenvalue weighted by Crippen LogP contribution is 2.27. The molecule has 0 bridgehead atoms. The predicted octanol–water partition coefficient (Wildman–Crippen LogP) is 2.38. The Kier molecular flexibility index (Phi) is 4.04. The molecule has 0 fully saturated rings. The van der Waals surface area contributed by atoms with Gasteiger partial charge >= 0.3 is 5.97 Å². The predicted molar refractivity (Wildman–Crippen MR) is 74.9 cm³/mol. The molecule has 0 N–H and O–H groups in total. The molecule has 1 aromatic heterocycles. The number of esters is 1. The number of nitriles is 1. The summed E-state index contributed by atoms with van der Waals surface area (Å²) in [4.78, 5) is 16.3. The van der Waals surface area contributed by atoms with Crippen LogP contribution >= 0.6 is 0 Å². The van der Waals surface area contributed by atoms with Crippen molar-refractivity contribution < 1.29 is 9.53 Å². The zero-order chi connectivity index (χ0) is 14.7. The maximum Gasteiger partial charge on any atom is 0.310 e. The van der Waals surface area contributed by atoms with Crippen LogP contribution < -0.4 is 0 Å².